The third kappa shape index (κ3) is 5.30. The standard InChI is InChI=1S/C20H24FNO5S/c1-13-5-7-15(20(2,3)4)17(11-13)27-10-9-22-28(25,26)18-12-14(19(23)24)6-8-16(18)21/h5-8,11-12,22H,9-10H2,1-4H3,(H,23,24)/p-1. The van der Waals surface area contributed by atoms with E-state index >= 15 is 0 Å². The van der Waals surface area contributed by atoms with Crippen LogP contribution in [0.2, 0.25) is 0 Å². The number of hydrogen-bond donors (Lipinski definition) is 1. The Balaban J connectivity index is 2.09. The Bertz CT molecular complexity index is 981. The normalized spacial score (nSPS) is 12.0. The first-order chi connectivity index (χ1) is 12.9. The Kier molecular flexibility index (Phi) is 6.46. The molecule has 28 heavy (non-hydrogen) atoms. The molecule has 6 nitrogen and oxygen atoms in total. The number of ether oxygens (including phenoxy) is 1. The molecule has 0 radical (unpaired) electrons. The molecule has 152 valence electrons. The van der Waals surface area contributed by atoms with E-state index in [1.807, 2.05) is 45.9 Å². The van der Waals surface area contributed by atoms with Crippen LogP contribution < -0.4 is 14.6 Å². The summed E-state index contributed by atoms with van der Waals surface area (Å²) >= 11 is 0. The van der Waals surface area contributed by atoms with Crippen molar-refractivity contribution in [2.75, 3.05) is 13.2 Å². The van der Waals surface area contributed by atoms with Gasteiger partial charge in [0.05, 0.1) is 5.97 Å². The van der Waals surface area contributed by atoms with Crippen LogP contribution >= 0.6 is 0 Å². The summed E-state index contributed by atoms with van der Waals surface area (Å²) in [6, 6.07) is 8.26. The minimum absolute atomic E-state index is 0.0214. The molecule has 0 saturated heterocycles. The lowest BCUT2D eigenvalue weighted by Gasteiger charge is -2.23. The van der Waals surface area contributed by atoms with Crippen LogP contribution in [0.25, 0.3) is 0 Å². The molecule has 2 aromatic rings. The summed E-state index contributed by atoms with van der Waals surface area (Å²) in [4.78, 5) is 10.1. The van der Waals surface area contributed by atoms with E-state index in [1.165, 1.54) is 0 Å². The van der Waals surface area contributed by atoms with Crippen LogP contribution in [0.3, 0.4) is 0 Å². The van der Waals surface area contributed by atoms with E-state index in [2.05, 4.69) is 4.72 Å². The van der Waals surface area contributed by atoms with E-state index in [9.17, 15) is 22.7 Å². The lowest BCUT2D eigenvalue weighted by Crippen LogP contribution is -2.30. The molecule has 8 heteroatoms. The van der Waals surface area contributed by atoms with E-state index in [4.69, 9.17) is 4.74 Å². The fraction of sp³-hybridized carbons (Fsp3) is 0.350. The number of aryl methyl sites for hydroxylation is 1. The summed E-state index contributed by atoms with van der Waals surface area (Å²) in [6.07, 6.45) is 0. The number of halogens is 1. The summed E-state index contributed by atoms with van der Waals surface area (Å²) in [5, 5.41) is 10.9. The van der Waals surface area contributed by atoms with Gasteiger partial charge in [-0.1, -0.05) is 39.0 Å². The van der Waals surface area contributed by atoms with Crippen molar-refractivity contribution in [3.63, 3.8) is 0 Å². The summed E-state index contributed by atoms with van der Waals surface area (Å²) < 4.78 is 46.4. The molecule has 0 aliphatic heterocycles. The molecule has 0 atom stereocenters. The number of sulfonamides is 1. The molecule has 2 rings (SSSR count). The Hall–Kier alpha value is -2.45. The van der Waals surface area contributed by atoms with Crippen molar-refractivity contribution in [3.8, 4) is 5.75 Å². The van der Waals surface area contributed by atoms with Gasteiger partial charge >= 0.3 is 0 Å². The number of benzene rings is 2. The Morgan fingerprint density at radius 2 is 1.86 bits per heavy atom. The zero-order valence-electron chi connectivity index (χ0n) is 16.2. The van der Waals surface area contributed by atoms with Gasteiger partial charge in [-0.3, -0.25) is 0 Å². The Morgan fingerprint density at radius 1 is 1.18 bits per heavy atom. The van der Waals surface area contributed by atoms with E-state index < -0.39 is 32.3 Å². The van der Waals surface area contributed by atoms with Crippen molar-refractivity contribution in [3.05, 3.63) is 58.9 Å². The monoisotopic (exact) mass is 408 g/mol. The van der Waals surface area contributed by atoms with Crippen LogP contribution in [0.5, 0.6) is 5.75 Å². The van der Waals surface area contributed by atoms with Crippen LogP contribution in [0.1, 0.15) is 42.3 Å². The number of hydrogen-bond acceptors (Lipinski definition) is 5. The van der Waals surface area contributed by atoms with Crippen LogP contribution in [-0.2, 0) is 15.4 Å². The van der Waals surface area contributed by atoms with Gasteiger partial charge in [0.15, 0.2) is 0 Å². The van der Waals surface area contributed by atoms with E-state index in [1.54, 1.807) is 0 Å². The summed E-state index contributed by atoms with van der Waals surface area (Å²) in [5.74, 6) is -1.99. The second-order valence-corrected chi connectivity index (χ2v) is 9.16. The third-order valence-electron chi connectivity index (χ3n) is 4.05. The highest BCUT2D eigenvalue weighted by atomic mass is 32.2. The Morgan fingerprint density at radius 3 is 2.46 bits per heavy atom. The van der Waals surface area contributed by atoms with Crippen LogP contribution in [0.4, 0.5) is 4.39 Å². The van der Waals surface area contributed by atoms with Crippen molar-refractivity contribution < 1.29 is 27.4 Å². The highest BCUT2D eigenvalue weighted by molar-refractivity contribution is 7.89. The van der Waals surface area contributed by atoms with Gasteiger partial charge in [-0.15, -0.1) is 0 Å². The molecular weight excluding hydrogens is 385 g/mol. The van der Waals surface area contributed by atoms with Gasteiger partial charge in [-0.2, -0.15) is 0 Å². The van der Waals surface area contributed by atoms with E-state index in [0.717, 1.165) is 29.3 Å². The first-order valence-electron chi connectivity index (χ1n) is 8.66. The quantitative estimate of drug-likeness (QED) is 0.709. The lowest BCUT2D eigenvalue weighted by atomic mass is 9.86. The number of rotatable bonds is 7. The first-order valence-corrected chi connectivity index (χ1v) is 10.1. The van der Waals surface area contributed by atoms with Crippen molar-refractivity contribution in [2.45, 2.75) is 38.0 Å². The molecule has 0 amide bonds. The van der Waals surface area contributed by atoms with Crippen molar-refractivity contribution in [1.82, 2.24) is 4.72 Å². The third-order valence-corrected chi connectivity index (χ3v) is 5.53. The van der Waals surface area contributed by atoms with Gasteiger partial charge in [0.2, 0.25) is 10.0 Å². The highest BCUT2D eigenvalue weighted by Gasteiger charge is 2.21. The maximum absolute atomic E-state index is 13.9. The highest BCUT2D eigenvalue weighted by Crippen LogP contribution is 2.32. The van der Waals surface area contributed by atoms with E-state index in [-0.39, 0.29) is 18.6 Å². The number of carbonyl (C=O) groups excluding carboxylic acids is 1. The van der Waals surface area contributed by atoms with Gasteiger partial charge in [-0.25, -0.2) is 17.5 Å². The first kappa shape index (κ1) is 21.8. The van der Waals surface area contributed by atoms with Crippen LogP contribution in [0, 0.1) is 12.7 Å². The summed E-state index contributed by atoms with van der Waals surface area (Å²) in [6.45, 7) is 7.96. The number of aromatic carboxylic acids is 1. The number of nitrogens with one attached hydrogen (secondary N) is 1. The largest absolute Gasteiger partial charge is 0.545 e. The zero-order valence-corrected chi connectivity index (χ0v) is 17.0. The van der Waals surface area contributed by atoms with Crippen LogP contribution in [-0.4, -0.2) is 27.5 Å². The fourth-order valence-electron chi connectivity index (χ4n) is 2.62. The fourth-order valence-corrected chi connectivity index (χ4v) is 3.73. The molecule has 0 spiro atoms. The summed E-state index contributed by atoms with van der Waals surface area (Å²) in [7, 11) is -4.24. The minimum atomic E-state index is -4.24. The van der Waals surface area contributed by atoms with Gasteiger partial charge in [-0.05, 0) is 47.2 Å². The maximum atomic E-state index is 13.9. The number of carboxylic acid groups (broad SMARTS) is 1. The van der Waals surface area contributed by atoms with Gasteiger partial charge in [0.25, 0.3) is 0 Å². The Labute approximate surface area is 164 Å². The van der Waals surface area contributed by atoms with Gasteiger partial charge in [0.1, 0.15) is 23.1 Å². The second-order valence-electron chi connectivity index (χ2n) is 7.43. The van der Waals surface area contributed by atoms with Crippen LogP contribution in [0.15, 0.2) is 41.3 Å². The van der Waals surface area contributed by atoms with Gasteiger partial charge in [0, 0.05) is 6.54 Å². The van der Waals surface area contributed by atoms with Crippen molar-refractivity contribution >= 4 is 16.0 Å². The smallest absolute Gasteiger partial charge is 0.243 e. The number of carboxylic acids is 1. The minimum Gasteiger partial charge on any atom is -0.545 e. The van der Waals surface area contributed by atoms with Crippen molar-refractivity contribution in [2.24, 2.45) is 0 Å². The predicted molar refractivity (Wildman–Crippen MR) is 101 cm³/mol. The molecule has 0 heterocycles. The second kappa shape index (κ2) is 8.28. The average molecular weight is 408 g/mol. The molecule has 0 unspecified atom stereocenters. The lowest BCUT2D eigenvalue weighted by molar-refractivity contribution is -0.255. The van der Waals surface area contributed by atoms with Gasteiger partial charge < -0.3 is 14.6 Å². The SMILES string of the molecule is Cc1ccc(C(C)(C)C)c(OCCNS(=O)(=O)c2cc(C(=O)[O-])ccc2F)c1. The molecule has 0 saturated carbocycles. The zero-order chi connectivity index (χ0) is 21.1. The predicted octanol–water partition coefficient (Wildman–Crippen LogP) is 2.15. The number of carbonyl (C=O) groups is 1. The topological polar surface area (TPSA) is 95.5 Å². The molecule has 0 aliphatic rings. The molecule has 0 fully saturated rings. The molecule has 2 aromatic carbocycles. The van der Waals surface area contributed by atoms with Crippen molar-refractivity contribution in [1.29, 1.82) is 0 Å². The summed E-state index contributed by atoms with van der Waals surface area (Å²) in [5.41, 5.74) is 1.41. The molecule has 1 N–H and O–H groups in total. The average Bonchev–Trinajstić information content (AvgIpc) is 2.57. The molecule has 0 bridgehead atoms. The molecular formula is C20H23FNO5S-. The molecule has 0 aliphatic carbocycles. The maximum Gasteiger partial charge on any atom is 0.243 e. The van der Waals surface area contributed by atoms with E-state index in [0.29, 0.717) is 5.75 Å². The molecule has 0 aromatic heterocycles.